The van der Waals surface area contributed by atoms with Gasteiger partial charge in [0.05, 0.1) is 25.2 Å². The number of carbonyl (C=O) groups is 2. The van der Waals surface area contributed by atoms with Gasteiger partial charge in [0.25, 0.3) is 11.8 Å². The summed E-state index contributed by atoms with van der Waals surface area (Å²) >= 11 is 1.38. The molecular weight excluding hydrogens is 360 g/mol. The number of aromatic hydroxyl groups is 1. The first kappa shape index (κ1) is 16.7. The molecule has 1 atom stereocenters. The van der Waals surface area contributed by atoms with Gasteiger partial charge in [-0.25, -0.2) is 0 Å². The van der Waals surface area contributed by atoms with E-state index in [-0.39, 0.29) is 24.3 Å². The zero-order chi connectivity index (χ0) is 18.3. The van der Waals surface area contributed by atoms with Crippen molar-refractivity contribution >= 4 is 23.2 Å². The molecule has 2 N–H and O–H groups in total. The summed E-state index contributed by atoms with van der Waals surface area (Å²) in [5.74, 6) is -1.79. The number of nitrogens with zero attached hydrogens (tertiary/aromatic N) is 3. The standard InChI is InChI=1S/C16H16N4O5S/c21-13-10(15(23)18-5-9-4-17-8-26-9)6-19-7-11-20(2-1-3-25-11)16(24)12(19)14(13)22/h4,6,8,11,22H,1-3,5,7H2,(H,18,23). The summed E-state index contributed by atoms with van der Waals surface area (Å²) in [6.45, 7) is 1.53. The fraction of sp³-hybridized carbons (Fsp3) is 0.375. The quantitative estimate of drug-likeness (QED) is 0.788. The smallest absolute Gasteiger partial charge is 0.276 e. The van der Waals surface area contributed by atoms with Crippen molar-refractivity contribution in [2.45, 2.75) is 25.7 Å². The molecule has 1 unspecified atom stereocenters. The molecule has 2 aromatic heterocycles. The number of pyridine rings is 1. The van der Waals surface area contributed by atoms with E-state index in [1.807, 2.05) is 0 Å². The van der Waals surface area contributed by atoms with Crippen LogP contribution in [0.25, 0.3) is 0 Å². The summed E-state index contributed by atoms with van der Waals surface area (Å²) in [6, 6.07) is 0. The van der Waals surface area contributed by atoms with E-state index in [2.05, 4.69) is 10.3 Å². The zero-order valence-corrected chi connectivity index (χ0v) is 14.5. The van der Waals surface area contributed by atoms with Gasteiger partial charge in [-0.05, 0) is 6.42 Å². The molecule has 0 aliphatic carbocycles. The lowest BCUT2D eigenvalue weighted by Crippen LogP contribution is -2.53. The maximum absolute atomic E-state index is 12.6. The number of hydrogen-bond acceptors (Lipinski definition) is 7. The van der Waals surface area contributed by atoms with Gasteiger partial charge in [0.15, 0.2) is 17.7 Å². The van der Waals surface area contributed by atoms with E-state index in [1.165, 1.54) is 27.0 Å². The lowest BCUT2D eigenvalue weighted by atomic mass is 10.1. The number of thiazole rings is 1. The van der Waals surface area contributed by atoms with E-state index in [4.69, 9.17) is 4.74 Å². The van der Waals surface area contributed by atoms with Gasteiger partial charge < -0.3 is 24.6 Å². The maximum Gasteiger partial charge on any atom is 0.276 e. The zero-order valence-electron chi connectivity index (χ0n) is 13.7. The molecule has 2 aliphatic rings. The van der Waals surface area contributed by atoms with Crippen LogP contribution < -0.4 is 10.7 Å². The molecule has 2 aromatic rings. The average molecular weight is 376 g/mol. The highest BCUT2D eigenvalue weighted by atomic mass is 32.1. The number of carbonyl (C=O) groups excluding carboxylic acids is 2. The Balaban J connectivity index is 1.66. The van der Waals surface area contributed by atoms with Crippen molar-refractivity contribution in [2.75, 3.05) is 13.2 Å². The molecule has 136 valence electrons. The van der Waals surface area contributed by atoms with Crippen molar-refractivity contribution < 1.29 is 19.4 Å². The molecule has 4 heterocycles. The van der Waals surface area contributed by atoms with Crippen molar-refractivity contribution in [3.05, 3.63) is 44.3 Å². The normalized spacial score (nSPS) is 19.0. The van der Waals surface area contributed by atoms with Crippen LogP contribution in [0.3, 0.4) is 0 Å². The van der Waals surface area contributed by atoms with Crippen LogP contribution in [-0.4, -0.2) is 50.8 Å². The molecule has 2 amide bonds. The molecule has 9 nitrogen and oxygen atoms in total. The van der Waals surface area contributed by atoms with Crippen molar-refractivity contribution in [2.24, 2.45) is 0 Å². The third-order valence-corrected chi connectivity index (χ3v) is 5.20. The second kappa shape index (κ2) is 6.54. The average Bonchev–Trinajstić information content (AvgIpc) is 3.16. The number of rotatable bonds is 3. The number of hydrogen-bond donors (Lipinski definition) is 2. The molecule has 0 radical (unpaired) electrons. The summed E-state index contributed by atoms with van der Waals surface area (Å²) in [5, 5.41) is 12.9. The van der Waals surface area contributed by atoms with Gasteiger partial charge in [-0.1, -0.05) is 0 Å². The van der Waals surface area contributed by atoms with Gasteiger partial charge in [0.2, 0.25) is 5.43 Å². The maximum atomic E-state index is 12.6. The van der Waals surface area contributed by atoms with Gasteiger partial charge in [0.1, 0.15) is 5.56 Å². The Morgan fingerprint density at radius 3 is 3.08 bits per heavy atom. The van der Waals surface area contributed by atoms with Crippen molar-refractivity contribution in [1.82, 2.24) is 19.8 Å². The summed E-state index contributed by atoms with van der Waals surface area (Å²) in [6.07, 6.45) is 3.17. The topological polar surface area (TPSA) is 114 Å². The van der Waals surface area contributed by atoms with Crippen LogP contribution in [0.2, 0.25) is 0 Å². The van der Waals surface area contributed by atoms with Crippen molar-refractivity contribution in [1.29, 1.82) is 0 Å². The second-order valence-electron chi connectivity index (χ2n) is 6.05. The predicted octanol–water partition coefficient (Wildman–Crippen LogP) is 0.143. The Kier molecular flexibility index (Phi) is 4.21. The minimum absolute atomic E-state index is 0.101. The molecule has 10 heteroatoms. The minimum Gasteiger partial charge on any atom is -0.503 e. The van der Waals surface area contributed by atoms with Crippen LogP contribution in [0.5, 0.6) is 5.75 Å². The Labute approximate surface area is 151 Å². The molecular formula is C16H16N4O5S. The van der Waals surface area contributed by atoms with Crippen LogP contribution in [0.4, 0.5) is 0 Å². The predicted molar refractivity (Wildman–Crippen MR) is 91.0 cm³/mol. The van der Waals surface area contributed by atoms with Crippen LogP contribution >= 0.6 is 11.3 Å². The monoisotopic (exact) mass is 376 g/mol. The van der Waals surface area contributed by atoms with Crippen molar-refractivity contribution in [3.63, 3.8) is 0 Å². The summed E-state index contributed by atoms with van der Waals surface area (Å²) in [4.78, 5) is 43.7. The van der Waals surface area contributed by atoms with Gasteiger partial charge >= 0.3 is 0 Å². The van der Waals surface area contributed by atoms with Crippen molar-refractivity contribution in [3.8, 4) is 5.75 Å². The molecule has 0 saturated carbocycles. The number of amides is 2. The molecule has 26 heavy (non-hydrogen) atoms. The number of aromatic nitrogens is 2. The van der Waals surface area contributed by atoms with Crippen LogP contribution in [0, 0.1) is 0 Å². The molecule has 0 bridgehead atoms. The highest BCUT2D eigenvalue weighted by Crippen LogP contribution is 2.26. The summed E-state index contributed by atoms with van der Waals surface area (Å²) in [5.41, 5.74) is 0.467. The number of nitrogens with one attached hydrogen (secondary N) is 1. The largest absolute Gasteiger partial charge is 0.503 e. The van der Waals surface area contributed by atoms with E-state index < -0.39 is 29.2 Å². The third kappa shape index (κ3) is 2.76. The van der Waals surface area contributed by atoms with Crippen LogP contribution in [0.15, 0.2) is 22.7 Å². The van der Waals surface area contributed by atoms with Gasteiger partial charge in [-0.2, -0.15) is 0 Å². The molecule has 1 fully saturated rings. The van der Waals surface area contributed by atoms with Gasteiger partial charge in [-0.15, -0.1) is 11.3 Å². The summed E-state index contributed by atoms with van der Waals surface area (Å²) < 4.78 is 7.02. The van der Waals surface area contributed by atoms with Crippen LogP contribution in [-0.2, 0) is 17.8 Å². The van der Waals surface area contributed by atoms with E-state index in [9.17, 15) is 19.5 Å². The highest BCUT2D eigenvalue weighted by molar-refractivity contribution is 7.09. The fourth-order valence-corrected chi connectivity index (χ4v) is 3.68. The first-order valence-electron chi connectivity index (χ1n) is 8.11. The minimum atomic E-state index is -0.859. The Morgan fingerprint density at radius 2 is 2.31 bits per heavy atom. The Morgan fingerprint density at radius 1 is 1.46 bits per heavy atom. The molecule has 1 saturated heterocycles. The first-order valence-corrected chi connectivity index (χ1v) is 8.99. The molecule has 4 rings (SSSR count). The number of fused-ring (bicyclic) bond motifs is 2. The summed E-state index contributed by atoms with van der Waals surface area (Å²) in [7, 11) is 0. The third-order valence-electron chi connectivity index (χ3n) is 4.42. The highest BCUT2D eigenvalue weighted by Gasteiger charge is 2.38. The molecule has 2 aliphatic heterocycles. The van der Waals surface area contributed by atoms with E-state index in [0.29, 0.717) is 19.6 Å². The van der Waals surface area contributed by atoms with E-state index >= 15 is 0 Å². The molecule has 0 aromatic carbocycles. The Bertz CT molecular complexity index is 923. The first-order chi connectivity index (χ1) is 12.6. The van der Waals surface area contributed by atoms with E-state index in [1.54, 1.807) is 11.7 Å². The SMILES string of the molecule is O=C(NCc1cncs1)c1cn2c(c(O)c1=O)C(=O)N1CCCOC1C2. The lowest BCUT2D eigenvalue weighted by Gasteiger charge is -2.40. The fourth-order valence-electron chi connectivity index (χ4n) is 3.15. The lowest BCUT2D eigenvalue weighted by molar-refractivity contribution is -0.0920. The van der Waals surface area contributed by atoms with E-state index in [0.717, 1.165) is 4.88 Å². The second-order valence-corrected chi connectivity index (χ2v) is 7.02. The number of ether oxygens (including phenoxy) is 1. The van der Waals surface area contributed by atoms with Gasteiger partial charge in [-0.3, -0.25) is 19.4 Å². The molecule has 0 spiro atoms. The Hall–Kier alpha value is -2.72. The van der Waals surface area contributed by atoms with Gasteiger partial charge in [0, 0.05) is 23.8 Å². The van der Waals surface area contributed by atoms with Crippen LogP contribution in [0.1, 0.15) is 32.1 Å².